The van der Waals surface area contributed by atoms with Gasteiger partial charge in [-0.3, -0.25) is 4.79 Å². The Morgan fingerprint density at radius 1 is 1.40 bits per heavy atom. The molecule has 0 unspecified atom stereocenters. The van der Waals surface area contributed by atoms with Crippen LogP contribution in [-0.4, -0.2) is 11.1 Å². The van der Waals surface area contributed by atoms with Gasteiger partial charge in [0, 0.05) is 5.39 Å². The molecule has 1 N–H and O–H groups in total. The number of rotatable bonds is 2. The van der Waals surface area contributed by atoms with E-state index in [9.17, 15) is 4.79 Å². The molecule has 3 heteroatoms. The zero-order valence-electron chi connectivity index (χ0n) is 8.70. The van der Waals surface area contributed by atoms with Crippen LogP contribution in [0.25, 0.3) is 11.0 Å². The second-order valence-corrected chi connectivity index (χ2v) is 3.69. The normalized spacial score (nSPS) is 10.8. The van der Waals surface area contributed by atoms with Crippen LogP contribution in [0.2, 0.25) is 0 Å². The van der Waals surface area contributed by atoms with Gasteiger partial charge in [-0.05, 0) is 37.1 Å². The van der Waals surface area contributed by atoms with Gasteiger partial charge in [0.25, 0.3) is 0 Å². The van der Waals surface area contributed by atoms with Crippen molar-refractivity contribution in [2.24, 2.45) is 0 Å². The van der Waals surface area contributed by atoms with Gasteiger partial charge in [0.05, 0.1) is 6.42 Å². The van der Waals surface area contributed by atoms with Crippen molar-refractivity contribution < 1.29 is 14.3 Å². The first-order chi connectivity index (χ1) is 7.08. The topological polar surface area (TPSA) is 50.4 Å². The molecular weight excluding hydrogens is 192 g/mol. The van der Waals surface area contributed by atoms with Gasteiger partial charge in [0.1, 0.15) is 11.3 Å². The molecule has 1 aromatic heterocycles. The van der Waals surface area contributed by atoms with Gasteiger partial charge in [-0.1, -0.05) is 6.07 Å². The molecule has 0 atom stereocenters. The van der Waals surface area contributed by atoms with Gasteiger partial charge in [-0.15, -0.1) is 0 Å². The van der Waals surface area contributed by atoms with E-state index >= 15 is 0 Å². The molecule has 2 aromatic rings. The van der Waals surface area contributed by atoms with E-state index in [1.54, 1.807) is 0 Å². The highest BCUT2D eigenvalue weighted by molar-refractivity contribution is 5.84. The highest BCUT2D eigenvalue weighted by atomic mass is 16.4. The summed E-state index contributed by atoms with van der Waals surface area (Å²) in [6.07, 6.45) is 0.0615. The molecule has 1 heterocycles. The summed E-state index contributed by atoms with van der Waals surface area (Å²) in [5.41, 5.74) is 2.65. The SMILES string of the molecule is Cc1cc2c(C)c(CC(=O)O)ccc2o1. The van der Waals surface area contributed by atoms with E-state index in [2.05, 4.69) is 0 Å². The van der Waals surface area contributed by atoms with Crippen molar-refractivity contribution in [3.8, 4) is 0 Å². The first-order valence-electron chi connectivity index (χ1n) is 4.78. The van der Waals surface area contributed by atoms with E-state index in [1.165, 1.54) is 0 Å². The largest absolute Gasteiger partial charge is 0.481 e. The standard InChI is InChI=1S/C12H12O3/c1-7-5-10-8(2)9(6-12(13)14)3-4-11(10)15-7/h3-5H,6H2,1-2H3,(H,13,14). The third kappa shape index (κ3) is 1.73. The number of hydrogen-bond donors (Lipinski definition) is 1. The molecule has 0 aliphatic heterocycles. The van der Waals surface area contributed by atoms with Crippen LogP contribution < -0.4 is 0 Å². The van der Waals surface area contributed by atoms with Crippen LogP contribution in [0.15, 0.2) is 22.6 Å². The molecule has 0 spiro atoms. The van der Waals surface area contributed by atoms with Gasteiger partial charge in [-0.25, -0.2) is 0 Å². The van der Waals surface area contributed by atoms with Crippen LogP contribution in [-0.2, 0) is 11.2 Å². The van der Waals surface area contributed by atoms with Crippen molar-refractivity contribution in [1.82, 2.24) is 0 Å². The average molecular weight is 204 g/mol. The first-order valence-corrected chi connectivity index (χ1v) is 4.78. The molecule has 3 nitrogen and oxygen atoms in total. The molecule has 78 valence electrons. The van der Waals surface area contributed by atoms with Crippen LogP contribution >= 0.6 is 0 Å². The van der Waals surface area contributed by atoms with Crippen molar-refractivity contribution in [1.29, 1.82) is 0 Å². The zero-order chi connectivity index (χ0) is 11.0. The Kier molecular flexibility index (Phi) is 2.23. The number of fused-ring (bicyclic) bond motifs is 1. The molecule has 0 saturated carbocycles. The monoisotopic (exact) mass is 204 g/mol. The Bertz CT molecular complexity index is 523. The smallest absolute Gasteiger partial charge is 0.307 e. The van der Waals surface area contributed by atoms with Crippen molar-refractivity contribution >= 4 is 16.9 Å². The summed E-state index contributed by atoms with van der Waals surface area (Å²) in [5, 5.41) is 9.75. The molecule has 15 heavy (non-hydrogen) atoms. The lowest BCUT2D eigenvalue weighted by molar-refractivity contribution is -0.136. The van der Waals surface area contributed by atoms with Gasteiger partial charge in [0.15, 0.2) is 0 Å². The molecule has 2 rings (SSSR count). The van der Waals surface area contributed by atoms with E-state index in [0.29, 0.717) is 0 Å². The third-order valence-electron chi connectivity index (χ3n) is 2.55. The number of furan rings is 1. The molecule has 0 aliphatic carbocycles. The molecule has 0 bridgehead atoms. The number of carboxylic acids is 1. The Hall–Kier alpha value is -1.77. The van der Waals surface area contributed by atoms with Crippen LogP contribution in [0.3, 0.4) is 0 Å². The Labute approximate surface area is 87.3 Å². The number of benzene rings is 1. The van der Waals surface area contributed by atoms with Crippen molar-refractivity contribution in [3.05, 3.63) is 35.1 Å². The molecule has 1 aromatic carbocycles. The number of carbonyl (C=O) groups is 1. The second kappa shape index (κ2) is 3.42. The number of aryl methyl sites for hydroxylation is 2. The molecular formula is C12H12O3. The summed E-state index contributed by atoms with van der Waals surface area (Å²) >= 11 is 0. The fraction of sp³-hybridized carbons (Fsp3) is 0.250. The molecule has 0 radical (unpaired) electrons. The lowest BCUT2D eigenvalue weighted by atomic mass is 10.0. The number of aliphatic carboxylic acids is 1. The maximum atomic E-state index is 10.6. The molecule has 0 saturated heterocycles. The van der Waals surface area contributed by atoms with Gasteiger partial charge in [-0.2, -0.15) is 0 Å². The predicted octanol–water partition coefficient (Wildman–Crippen LogP) is 2.68. The van der Waals surface area contributed by atoms with Crippen molar-refractivity contribution in [2.45, 2.75) is 20.3 Å². The summed E-state index contributed by atoms with van der Waals surface area (Å²) in [6, 6.07) is 5.58. The van der Waals surface area contributed by atoms with Crippen LogP contribution in [0, 0.1) is 13.8 Å². The lowest BCUT2D eigenvalue weighted by Crippen LogP contribution is -2.01. The minimum Gasteiger partial charge on any atom is -0.481 e. The highest BCUT2D eigenvalue weighted by Gasteiger charge is 2.09. The minimum absolute atomic E-state index is 0.0615. The summed E-state index contributed by atoms with van der Waals surface area (Å²) in [5.74, 6) is 0.0400. The van der Waals surface area contributed by atoms with E-state index in [0.717, 1.165) is 27.9 Å². The van der Waals surface area contributed by atoms with E-state index in [4.69, 9.17) is 9.52 Å². The highest BCUT2D eigenvalue weighted by Crippen LogP contribution is 2.25. The van der Waals surface area contributed by atoms with E-state index < -0.39 is 5.97 Å². The zero-order valence-corrected chi connectivity index (χ0v) is 8.70. The molecule has 0 fully saturated rings. The minimum atomic E-state index is -0.808. The summed E-state index contributed by atoms with van der Waals surface area (Å²) in [4.78, 5) is 10.6. The third-order valence-corrected chi connectivity index (χ3v) is 2.55. The van der Waals surface area contributed by atoms with Crippen LogP contribution in [0.4, 0.5) is 0 Å². The maximum absolute atomic E-state index is 10.6. The summed E-state index contributed by atoms with van der Waals surface area (Å²) < 4.78 is 5.46. The Morgan fingerprint density at radius 3 is 2.80 bits per heavy atom. The fourth-order valence-corrected chi connectivity index (χ4v) is 1.78. The number of carboxylic acid groups (broad SMARTS) is 1. The Balaban J connectivity index is 2.58. The molecule has 0 amide bonds. The Morgan fingerprint density at radius 2 is 2.13 bits per heavy atom. The average Bonchev–Trinajstić information content (AvgIpc) is 2.51. The van der Waals surface area contributed by atoms with Crippen LogP contribution in [0.1, 0.15) is 16.9 Å². The van der Waals surface area contributed by atoms with Gasteiger partial charge < -0.3 is 9.52 Å². The van der Waals surface area contributed by atoms with Crippen LogP contribution in [0.5, 0.6) is 0 Å². The van der Waals surface area contributed by atoms with Gasteiger partial charge >= 0.3 is 5.97 Å². The van der Waals surface area contributed by atoms with E-state index in [1.807, 2.05) is 32.0 Å². The predicted molar refractivity (Wildman–Crippen MR) is 57.0 cm³/mol. The maximum Gasteiger partial charge on any atom is 0.307 e. The summed E-state index contributed by atoms with van der Waals surface area (Å²) in [6.45, 7) is 3.81. The quantitative estimate of drug-likeness (QED) is 0.818. The van der Waals surface area contributed by atoms with Crippen molar-refractivity contribution in [3.63, 3.8) is 0 Å². The lowest BCUT2D eigenvalue weighted by Gasteiger charge is -2.02. The fourth-order valence-electron chi connectivity index (χ4n) is 1.78. The number of hydrogen-bond acceptors (Lipinski definition) is 2. The van der Waals surface area contributed by atoms with Gasteiger partial charge in [0.2, 0.25) is 0 Å². The summed E-state index contributed by atoms with van der Waals surface area (Å²) in [7, 11) is 0. The first kappa shape index (κ1) is 9.77. The second-order valence-electron chi connectivity index (χ2n) is 3.69. The van der Waals surface area contributed by atoms with Crippen molar-refractivity contribution in [2.75, 3.05) is 0 Å². The molecule has 0 aliphatic rings. The van der Waals surface area contributed by atoms with E-state index in [-0.39, 0.29) is 6.42 Å².